The van der Waals surface area contributed by atoms with Gasteiger partial charge in [-0.1, -0.05) is 50.6 Å². The van der Waals surface area contributed by atoms with Crippen LogP contribution in [0.15, 0.2) is 47.3 Å². The Morgan fingerprint density at radius 2 is 1.81 bits per heavy atom. The zero-order valence-corrected chi connectivity index (χ0v) is 22.0. The zero-order valence-electron chi connectivity index (χ0n) is 20.4. The minimum absolute atomic E-state index is 0.137. The first-order chi connectivity index (χ1) is 17.2. The number of Topliss-reactive ketones (excluding diaryl/α,β-unsaturated/α-hetero) is 1. The molecule has 0 aliphatic heterocycles. The van der Waals surface area contributed by atoms with Crippen LogP contribution in [0.25, 0.3) is 12.2 Å². The van der Waals surface area contributed by atoms with E-state index < -0.39 is 40.2 Å². The van der Waals surface area contributed by atoms with Crippen LogP contribution >= 0.6 is 22.9 Å². The van der Waals surface area contributed by atoms with Crippen molar-refractivity contribution in [2.75, 3.05) is 12.4 Å². The van der Waals surface area contributed by atoms with Crippen molar-refractivity contribution in [2.24, 2.45) is 5.41 Å². The Morgan fingerprint density at radius 3 is 2.43 bits per heavy atom. The number of nitrogens with one attached hydrogen (secondary N) is 1. The highest BCUT2D eigenvalue weighted by Gasteiger charge is 2.33. The number of para-hydroxylation sites is 1. The number of nitrogens with zero attached hydrogens (tertiary/aromatic N) is 1. The molecule has 2 aromatic carbocycles. The van der Waals surface area contributed by atoms with Crippen LogP contribution in [0.1, 0.15) is 31.9 Å². The van der Waals surface area contributed by atoms with Gasteiger partial charge in [-0.15, -0.1) is 11.3 Å². The van der Waals surface area contributed by atoms with Crippen molar-refractivity contribution >= 4 is 52.5 Å². The van der Waals surface area contributed by atoms with Crippen molar-refractivity contribution in [3.63, 3.8) is 0 Å². The molecule has 37 heavy (non-hydrogen) atoms. The van der Waals surface area contributed by atoms with E-state index in [-0.39, 0.29) is 20.7 Å². The van der Waals surface area contributed by atoms with E-state index in [0.29, 0.717) is 17.4 Å². The molecule has 1 heterocycles. The van der Waals surface area contributed by atoms with Crippen LogP contribution in [-0.2, 0) is 22.3 Å². The molecule has 0 saturated carbocycles. The molecule has 3 aromatic rings. The van der Waals surface area contributed by atoms with Crippen molar-refractivity contribution in [2.45, 2.75) is 33.5 Å². The number of carbonyl (C=O) groups is 2. The fourth-order valence-corrected chi connectivity index (χ4v) is 4.47. The molecule has 1 amide bonds. The molecule has 196 valence electrons. The first-order valence-corrected chi connectivity index (χ1v) is 12.2. The normalized spacial score (nSPS) is 13.1. The van der Waals surface area contributed by atoms with Gasteiger partial charge in [0, 0.05) is 22.7 Å². The van der Waals surface area contributed by atoms with Crippen LogP contribution in [0.5, 0.6) is 5.75 Å². The minimum atomic E-state index is -4.71. The maximum atomic E-state index is 13.3. The van der Waals surface area contributed by atoms with E-state index in [9.17, 15) is 27.6 Å². The van der Waals surface area contributed by atoms with Gasteiger partial charge in [0.05, 0.1) is 22.2 Å². The Labute approximate surface area is 219 Å². The van der Waals surface area contributed by atoms with E-state index in [1.807, 2.05) is 0 Å². The molecule has 11 heteroatoms. The summed E-state index contributed by atoms with van der Waals surface area (Å²) in [5.74, 6) is -0.490. The van der Waals surface area contributed by atoms with Crippen molar-refractivity contribution in [3.05, 3.63) is 78.2 Å². The molecule has 1 aromatic heterocycles. The maximum Gasteiger partial charge on any atom is 0.417 e. The number of alkyl halides is 3. The SMILES string of the molecule is COc1ccccc1/C=c1\s/c(=C\C(=O)C(C)(C)C)n(CC(=O)Nc2ccc(Cl)c(C(F)(F)F)c2)c1=O. The molecule has 0 unspecified atom stereocenters. The number of amides is 1. The van der Waals surface area contributed by atoms with E-state index in [2.05, 4.69) is 5.32 Å². The van der Waals surface area contributed by atoms with Gasteiger partial charge in [-0.3, -0.25) is 19.0 Å². The number of rotatable bonds is 6. The third-order valence-electron chi connectivity index (χ3n) is 5.21. The summed E-state index contributed by atoms with van der Waals surface area (Å²) in [4.78, 5) is 38.7. The average Bonchev–Trinajstić information content (AvgIpc) is 3.08. The van der Waals surface area contributed by atoms with Gasteiger partial charge in [-0.2, -0.15) is 13.2 Å². The van der Waals surface area contributed by atoms with E-state index in [0.717, 1.165) is 22.0 Å². The van der Waals surface area contributed by atoms with Gasteiger partial charge in [-0.25, -0.2) is 0 Å². The number of hydrogen-bond acceptors (Lipinski definition) is 5. The standard InChI is InChI=1S/C26H24ClF3N2O4S/c1-25(2,3)21(33)13-23-32(24(35)20(37-23)11-15-7-5-6-8-19(15)36-4)14-22(34)31-16-9-10-18(27)17(12-16)26(28,29)30/h5-13H,14H2,1-4H3,(H,31,34)/b20-11-,23-13-. The van der Waals surface area contributed by atoms with Crippen LogP contribution in [0.2, 0.25) is 5.02 Å². The minimum Gasteiger partial charge on any atom is -0.496 e. The summed E-state index contributed by atoms with van der Waals surface area (Å²) in [6.07, 6.45) is -1.82. The summed E-state index contributed by atoms with van der Waals surface area (Å²) in [5.41, 5.74) is -1.89. The Balaban J connectivity index is 2.06. The molecule has 0 spiro atoms. The topological polar surface area (TPSA) is 77.4 Å². The fourth-order valence-electron chi connectivity index (χ4n) is 3.21. The molecule has 1 N–H and O–H groups in total. The molecule has 0 bridgehead atoms. The van der Waals surface area contributed by atoms with Crippen LogP contribution in [0.3, 0.4) is 0 Å². The highest BCUT2D eigenvalue weighted by Crippen LogP contribution is 2.36. The summed E-state index contributed by atoms with van der Waals surface area (Å²) in [7, 11) is 1.49. The highest BCUT2D eigenvalue weighted by atomic mass is 35.5. The number of anilines is 1. The Bertz CT molecular complexity index is 1520. The fraction of sp³-hybridized carbons (Fsp3) is 0.269. The monoisotopic (exact) mass is 552 g/mol. The van der Waals surface area contributed by atoms with Crippen LogP contribution in [0.4, 0.5) is 18.9 Å². The second kappa shape index (κ2) is 10.9. The smallest absolute Gasteiger partial charge is 0.417 e. The quantitative estimate of drug-likeness (QED) is 0.490. The van der Waals surface area contributed by atoms with Gasteiger partial charge in [0.25, 0.3) is 5.56 Å². The molecule has 0 aliphatic rings. The third-order valence-corrected chi connectivity index (χ3v) is 6.60. The van der Waals surface area contributed by atoms with Gasteiger partial charge < -0.3 is 10.1 Å². The number of aromatic nitrogens is 1. The lowest BCUT2D eigenvalue weighted by molar-refractivity contribution is -0.137. The van der Waals surface area contributed by atoms with Crippen molar-refractivity contribution in [3.8, 4) is 5.75 Å². The molecule has 0 radical (unpaired) electrons. The predicted molar refractivity (Wildman–Crippen MR) is 138 cm³/mol. The molecule has 0 aliphatic carbocycles. The number of halogens is 4. The molecular weight excluding hydrogens is 529 g/mol. The number of carbonyl (C=O) groups excluding carboxylic acids is 2. The van der Waals surface area contributed by atoms with E-state index in [4.69, 9.17) is 16.3 Å². The number of hydrogen-bond donors (Lipinski definition) is 1. The number of benzene rings is 2. The summed E-state index contributed by atoms with van der Waals surface area (Å²) in [5, 5.41) is 1.86. The lowest BCUT2D eigenvalue weighted by Gasteiger charge is -2.13. The van der Waals surface area contributed by atoms with Crippen molar-refractivity contribution in [1.82, 2.24) is 4.57 Å². The Morgan fingerprint density at radius 1 is 1.14 bits per heavy atom. The molecule has 6 nitrogen and oxygen atoms in total. The largest absolute Gasteiger partial charge is 0.496 e. The maximum absolute atomic E-state index is 13.3. The second-order valence-corrected chi connectivity index (χ2v) is 10.6. The van der Waals surface area contributed by atoms with Gasteiger partial charge >= 0.3 is 6.18 Å². The summed E-state index contributed by atoms with van der Waals surface area (Å²) in [6, 6.07) is 9.98. The first kappa shape index (κ1) is 28.2. The molecule has 0 atom stereocenters. The second-order valence-electron chi connectivity index (χ2n) is 9.08. The van der Waals surface area contributed by atoms with Crippen LogP contribution in [-0.4, -0.2) is 23.4 Å². The number of ketones is 1. The lowest BCUT2D eigenvalue weighted by atomic mass is 9.91. The van der Waals surface area contributed by atoms with E-state index in [1.54, 1.807) is 51.1 Å². The summed E-state index contributed by atoms with van der Waals surface area (Å²) in [6.45, 7) is 4.63. The Kier molecular flexibility index (Phi) is 8.34. The van der Waals surface area contributed by atoms with E-state index >= 15 is 0 Å². The van der Waals surface area contributed by atoms with Gasteiger partial charge in [-0.05, 0) is 30.3 Å². The van der Waals surface area contributed by atoms with Crippen LogP contribution in [0, 0.1) is 5.41 Å². The van der Waals surface area contributed by atoms with Gasteiger partial charge in [0.2, 0.25) is 5.91 Å². The highest BCUT2D eigenvalue weighted by molar-refractivity contribution is 7.07. The van der Waals surface area contributed by atoms with Crippen molar-refractivity contribution < 1.29 is 27.5 Å². The van der Waals surface area contributed by atoms with Gasteiger partial charge in [0.15, 0.2) is 5.78 Å². The lowest BCUT2D eigenvalue weighted by Crippen LogP contribution is -2.36. The first-order valence-electron chi connectivity index (χ1n) is 11.0. The zero-order chi connectivity index (χ0) is 27.5. The van der Waals surface area contributed by atoms with E-state index in [1.165, 1.54) is 19.3 Å². The molecule has 0 fully saturated rings. The third kappa shape index (κ3) is 6.90. The number of thiazole rings is 1. The van der Waals surface area contributed by atoms with Crippen LogP contribution < -0.4 is 24.8 Å². The van der Waals surface area contributed by atoms with Crippen molar-refractivity contribution in [1.29, 1.82) is 0 Å². The predicted octanol–water partition coefficient (Wildman–Crippen LogP) is 4.45. The molecular formula is C26H24ClF3N2O4S. The number of methoxy groups -OCH3 is 1. The molecule has 3 rings (SSSR count). The summed E-state index contributed by atoms with van der Waals surface area (Å²) >= 11 is 6.66. The molecule has 0 saturated heterocycles. The number of ether oxygens (including phenoxy) is 1. The van der Waals surface area contributed by atoms with Gasteiger partial charge in [0.1, 0.15) is 17.0 Å². The summed E-state index contributed by atoms with van der Waals surface area (Å²) < 4.78 is 46.5. The Hall–Kier alpha value is -3.37. The average molecular weight is 553 g/mol.